The summed E-state index contributed by atoms with van der Waals surface area (Å²) in [5.74, 6) is 0.158. The van der Waals surface area contributed by atoms with Crippen LogP contribution in [0.25, 0.3) is 0 Å². The average Bonchev–Trinajstić information content (AvgIpc) is 2.53. The monoisotopic (exact) mass is 306 g/mol. The van der Waals surface area contributed by atoms with Crippen molar-refractivity contribution in [1.29, 1.82) is 0 Å². The van der Waals surface area contributed by atoms with Gasteiger partial charge in [0.15, 0.2) is 0 Å². The lowest BCUT2D eigenvalue weighted by Gasteiger charge is -2.10. The molecule has 21 heavy (non-hydrogen) atoms. The zero-order valence-electron chi connectivity index (χ0n) is 11.7. The number of benzene rings is 1. The van der Waals surface area contributed by atoms with Crippen molar-refractivity contribution < 1.29 is 14.3 Å². The van der Waals surface area contributed by atoms with Crippen LogP contribution in [0, 0.1) is 0 Å². The number of esters is 1. The molecule has 1 heterocycles. The molecule has 0 spiro atoms. The highest BCUT2D eigenvalue weighted by atomic mass is 35.5. The molecule has 5 nitrogen and oxygen atoms in total. The lowest BCUT2D eigenvalue weighted by atomic mass is 10.2. The van der Waals surface area contributed by atoms with Crippen LogP contribution < -0.4 is 10.1 Å². The molecule has 0 fully saturated rings. The van der Waals surface area contributed by atoms with Crippen molar-refractivity contribution in [3.05, 3.63) is 52.7 Å². The van der Waals surface area contributed by atoms with E-state index in [2.05, 4.69) is 15.0 Å². The number of methoxy groups -OCH3 is 2. The minimum atomic E-state index is -0.402. The fraction of sp³-hybridized carbons (Fsp3) is 0.200. The molecule has 0 aliphatic carbocycles. The first-order valence-corrected chi connectivity index (χ1v) is 6.62. The number of nitrogens with zero attached hydrogens (tertiary/aromatic N) is 1. The standard InChI is InChI=1S/C15H15ClN2O3/c1-20-14-6-3-10(9-18-14)8-17-13-7-11(15(19)21-2)4-5-12(13)16/h3-7,9,17H,8H2,1-2H3. The van der Waals surface area contributed by atoms with Gasteiger partial charge in [0.05, 0.1) is 30.5 Å². The van der Waals surface area contributed by atoms with Crippen LogP contribution in [0.2, 0.25) is 5.02 Å². The van der Waals surface area contributed by atoms with Crippen LogP contribution in [0.5, 0.6) is 5.88 Å². The van der Waals surface area contributed by atoms with Crippen molar-refractivity contribution in [2.24, 2.45) is 0 Å². The third-order valence-electron chi connectivity index (χ3n) is 2.88. The van der Waals surface area contributed by atoms with Crippen molar-refractivity contribution in [2.45, 2.75) is 6.54 Å². The second kappa shape index (κ2) is 6.95. The summed E-state index contributed by atoms with van der Waals surface area (Å²) in [4.78, 5) is 15.6. The van der Waals surface area contributed by atoms with Crippen LogP contribution in [0.1, 0.15) is 15.9 Å². The van der Waals surface area contributed by atoms with Crippen LogP contribution in [0.3, 0.4) is 0 Å². The highest BCUT2D eigenvalue weighted by Gasteiger charge is 2.08. The van der Waals surface area contributed by atoms with Crippen LogP contribution in [-0.2, 0) is 11.3 Å². The van der Waals surface area contributed by atoms with E-state index < -0.39 is 5.97 Å². The Morgan fingerprint density at radius 1 is 1.29 bits per heavy atom. The third kappa shape index (κ3) is 3.86. The second-order valence-corrected chi connectivity index (χ2v) is 4.66. The molecule has 0 amide bonds. The van der Waals surface area contributed by atoms with Crippen molar-refractivity contribution in [3.63, 3.8) is 0 Å². The van der Waals surface area contributed by atoms with Gasteiger partial charge in [-0.15, -0.1) is 0 Å². The second-order valence-electron chi connectivity index (χ2n) is 4.25. The molecule has 6 heteroatoms. The van der Waals surface area contributed by atoms with Gasteiger partial charge in [0.25, 0.3) is 0 Å². The SMILES string of the molecule is COC(=O)c1ccc(Cl)c(NCc2ccc(OC)nc2)c1. The van der Waals surface area contributed by atoms with Gasteiger partial charge in [0.2, 0.25) is 5.88 Å². The fourth-order valence-corrected chi connectivity index (χ4v) is 1.92. The van der Waals surface area contributed by atoms with Gasteiger partial charge in [-0.2, -0.15) is 0 Å². The van der Waals surface area contributed by atoms with Crippen LogP contribution in [-0.4, -0.2) is 25.2 Å². The number of anilines is 1. The Labute approximate surface area is 127 Å². The lowest BCUT2D eigenvalue weighted by Crippen LogP contribution is -2.05. The van der Waals surface area contributed by atoms with Crippen molar-refractivity contribution in [2.75, 3.05) is 19.5 Å². The summed E-state index contributed by atoms with van der Waals surface area (Å²) in [7, 11) is 2.91. The number of nitrogens with one attached hydrogen (secondary N) is 1. The van der Waals surface area contributed by atoms with Gasteiger partial charge in [0, 0.05) is 18.8 Å². The van der Waals surface area contributed by atoms with Gasteiger partial charge in [-0.3, -0.25) is 0 Å². The van der Waals surface area contributed by atoms with Crippen molar-refractivity contribution in [3.8, 4) is 5.88 Å². The Morgan fingerprint density at radius 3 is 2.71 bits per heavy atom. The quantitative estimate of drug-likeness (QED) is 0.860. The Balaban J connectivity index is 2.09. The number of aromatic nitrogens is 1. The lowest BCUT2D eigenvalue weighted by molar-refractivity contribution is 0.0601. The Kier molecular flexibility index (Phi) is 5.00. The number of carbonyl (C=O) groups is 1. The molecule has 0 bridgehead atoms. The van der Waals surface area contributed by atoms with Crippen LogP contribution in [0.4, 0.5) is 5.69 Å². The highest BCUT2D eigenvalue weighted by molar-refractivity contribution is 6.33. The largest absolute Gasteiger partial charge is 0.481 e. The minimum absolute atomic E-state index is 0.402. The molecule has 0 unspecified atom stereocenters. The van der Waals surface area contributed by atoms with Gasteiger partial charge in [-0.25, -0.2) is 9.78 Å². The number of pyridine rings is 1. The predicted molar refractivity (Wildman–Crippen MR) is 80.9 cm³/mol. The number of halogens is 1. The summed E-state index contributed by atoms with van der Waals surface area (Å²) in [5.41, 5.74) is 2.07. The van der Waals surface area contributed by atoms with Crippen molar-refractivity contribution >= 4 is 23.3 Å². The summed E-state index contributed by atoms with van der Waals surface area (Å²) in [6.07, 6.45) is 1.71. The Morgan fingerprint density at radius 2 is 2.10 bits per heavy atom. The van der Waals surface area contributed by atoms with E-state index in [1.807, 2.05) is 6.07 Å². The molecule has 0 atom stereocenters. The van der Waals surface area contributed by atoms with E-state index in [0.29, 0.717) is 28.7 Å². The molecule has 0 aliphatic heterocycles. The number of carbonyl (C=O) groups excluding carboxylic acids is 1. The highest BCUT2D eigenvalue weighted by Crippen LogP contribution is 2.24. The first-order chi connectivity index (χ1) is 10.1. The molecule has 2 aromatic rings. The van der Waals surface area contributed by atoms with E-state index in [-0.39, 0.29) is 0 Å². The summed E-state index contributed by atoms with van der Waals surface area (Å²) < 4.78 is 9.69. The molecule has 1 aromatic carbocycles. The van der Waals surface area contributed by atoms with Gasteiger partial charge < -0.3 is 14.8 Å². The van der Waals surface area contributed by atoms with E-state index in [1.54, 1.807) is 37.6 Å². The summed E-state index contributed by atoms with van der Waals surface area (Å²) in [6.45, 7) is 0.529. The molecular weight excluding hydrogens is 292 g/mol. The topological polar surface area (TPSA) is 60.5 Å². The molecule has 110 valence electrons. The zero-order chi connectivity index (χ0) is 15.2. The van der Waals surface area contributed by atoms with E-state index in [1.165, 1.54) is 7.11 Å². The van der Waals surface area contributed by atoms with E-state index >= 15 is 0 Å². The van der Waals surface area contributed by atoms with Crippen LogP contribution >= 0.6 is 11.6 Å². The smallest absolute Gasteiger partial charge is 0.337 e. The van der Waals surface area contributed by atoms with Crippen LogP contribution in [0.15, 0.2) is 36.5 Å². The maximum atomic E-state index is 11.5. The summed E-state index contributed by atoms with van der Waals surface area (Å²) in [5, 5.41) is 3.70. The van der Waals surface area contributed by atoms with Gasteiger partial charge >= 0.3 is 5.97 Å². The molecule has 0 radical (unpaired) electrons. The van der Waals surface area contributed by atoms with E-state index in [4.69, 9.17) is 16.3 Å². The van der Waals surface area contributed by atoms with Gasteiger partial charge in [-0.1, -0.05) is 17.7 Å². The average molecular weight is 307 g/mol. The molecule has 1 aromatic heterocycles. The maximum Gasteiger partial charge on any atom is 0.337 e. The first-order valence-electron chi connectivity index (χ1n) is 6.24. The van der Waals surface area contributed by atoms with E-state index in [9.17, 15) is 4.79 Å². The number of ether oxygens (including phenoxy) is 2. The molecule has 1 N–H and O–H groups in total. The Bertz CT molecular complexity index is 629. The number of hydrogen-bond donors (Lipinski definition) is 1. The van der Waals surface area contributed by atoms with E-state index in [0.717, 1.165) is 5.56 Å². The normalized spacial score (nSPS) is 10.0. The summed E-state index contributed by atoms with van der Waals surface area (Å²) in [6, 6.07) is 8.61. The van der Waals surface area contributed by atoms with Crippen molar-refractivity contribution in [1.82, 2.24) is 4.98 Å². The molecular formula is C15H15ClN2O3. The first kappa shape index (κ1) is 15.1. The molecule has 0 aliphatic rings. The minimum Gasteiger partial charge on any atom is -0.481 e. The zero-order valence-corrected chi connectivity index (χ0v) is 12.5. The number of rotatable bonds is 5. The predicted octanol–water partition coefficient (Wildman–Crippen LogP) is 3.14. The molecule has 0 saturated heterocycles. The van der Waals surface area contributed by atoms with Gasteiger partial charge in [-0.05, 0) is 23.8 Å². The molecule has 0 saturated carbocycles. The maximum absolute atomic E-state index is 11.5. The third-order valence-corrected chi connectivity index (χ3v) is 3.21. The number of hydrogen-bond acceptors (Lipinski definition) is 5. The summed E-state index contributed by atoms with van der Waals surface area (Å²) >= 11 is 6.11. The Hall–Kier alpha value is -2.27. The molecule has 2 rings (SSSR count). The fourth-order valence-electron chi connectivity index (χ4n) is 1.74. The van der Waals surface area contributed by atoms with Gasteiger partial charge in [0.1, 0.15) is 0 Å².